The van der Waals surface area contributed by atoms with Gasteiger partial charge in [0.05, 0.1) is 6.10 Å². The van der Waals surface area contributed by atoms with Crippen molar-refractivity contribution >= 4 is 5.97 Å². The summed E-state index contributed by atoms with van der Waals surface area (Å²) in [6.07, 6.45) is 0.0889. The molecule has 0 aliphatic carbocycles. The van der Waals surface area contributed by atoms with Gasteiger partial charge in [-0.1, -0.05) is 5.21 Å². The van der Waals surface area contributed by atoms with Crippen LogP contribution in [0.25, 0.3) is 0 Å². The number of carboxylic acids is 1. The summed E-state index contributed by atoms with van der Waals surface area (Å²) in [7, 11) is 1.49. The third-order valence-electron chi connectivity index (χ3n) is 2.24. The van der Waals surface area contributed by atoms with Crippen LogP contribution in [0.3, 0.4) is 0 Å². The first-order valence-corrected chi connectivity index (χ1v) is 4.92. The van der Waals surface area contributed by atoms with Gasteiger partial charge >= 0.3 is 5.97 Å². The zero-order chi connectivity index (χ0) is 12.1. The Hall–Kier alpha value is -1.47. The quantitative estimate of drug-likeness (QED) is 0.716. The second-order valence-corrected chi connectivity index (χ2v) is 3.31. The van der Waals surface area contributed by atoms with Gasteiger partial charge in [0.15, 0.2) is 5.69 Å². The van der Waals surface area contributed by atoms with Crippen molar-refractivity contribution in [2.45, 2.75) is 26.0 Å². The lowest BCUT2D eigenvalue weighted by atomic mass is 10.2. The van der Waals surface area contributed by atoms with E-state index in [1.807, 2.05) is 0 Å². The topological polar surface area (TPSA) is 97.5 Å². The molecule has 1 heterocycles. The molecule has 1 aromatic heterocycles. The number of aryl methyl sites for hydroxylation is 1. The number of nitrogens with zero attached hydrogens (tertiary/aromatic N) is 3. The summed E-state index contributed by atoms with van der Waals surface area (Å²) in [5.41, 5.74) is 0.315. The van der Waals surface area contributed by atoms with E-state index >= 15 is 0 Å². The fraction of sp³-hybridized carbons (Fsp3) is 0.667. The Balaban J connectivity index is 3.04. The Bertz CT molecular complexity index is 364. The Labute approximate surface area is 92.6 Å². The molecule has 0 aliphatic heterocycles. The second kappa shape index (κ2) is 5.57. The predicted molar refractivity (Wildman–Crippen MR) is 54.1 cm³/mol. The van der Waals surface area contributed by atoms with Crippen LogP contribution < -0.4 is 0 Å². The van der Waals surface area contributed by atoms with Crippen LogP contribution in [0.2, 0.25) is 0 Å². The maximum atomic E-state index is 10.9. The van der Waals surface area contributed by atoms with Gasteiger partial charge in [0, 0.05) is 20.3 Å². The molecule has 0 spiro atoms. The summed E-state index contributed by atoms with van der Waals surface area (Å²) in [6.45, 7) is 2.16. The van der Waals surface area contributed by atoms with Crippen molar-refractivity contribution in [2.75, 3.05) is 13.7 Å². The van der Waals surface area contributed by atoms with E-state index in [-0.39, 0.29) is 12.3 Å². The summed E-state index contributed by atoms with van der Waals surface area (Å²) in [4.78, 5) is 10.9. The highest BCUT2D eigenvalue weighted by atomic mass is 16.5. The highest BCUT2D eigenvalue weighted by molar-refractivity contribution is 5.86. The molecule has 0 aromatic carbocycles. The fourth-order valence-electron chi connectivity index (χ4n) is 1.37. The lowest BCUT2D eigenvalue weighted by molar-refractivity contribution is 0.0673. The van der Waals surface area contributed by atoms with Crippen LogP contribution in [0.15, 0.2) is 0 Å². The number of hydrogen-bond acceptors (Lipinski definition) is 5. The molecule has 1 rings (SSSR count). The molecule has 16 heavy (non-hydrogen) atoms. The molecule has 7 nitrogen and oxygen atoms in total. The standard InChI is InChI=1S/C9H15N3O4/c1-6(16-2)8-7(9(14)15)10-11-12(8)4-3-5-13/h6,13H,3-5H2,1-2H3,(H,14,15). The maximum absolute atomic E-state index is 10.9. The molecule has 0 saturated heterocycles. The van der Waals surface area contributed by atoms with E-state index in [4.69, 9.17) is 14.9 Å². The minimum absolute atomic E-state index is 0.0169. The molecule has 1 atom stereocenters. The number of aliphatic hydroxyl groups is 1. The minimum atomic E-state index is -1.13. The van der Waals surface area contributed by atoms with Crippen LogP contribution >= 0.6 is 0 Å². The van der Waals surface area contributed by atoms with Gasteiger partial charge in [-0.3, -0.25) is 0 Å². The molecule has 0 bridgehead atoms. The van der Waals surface area contributed by atoms with E-state index in [0.29, 0.717) is 18.7 Å². The lowest BCUT2D eigenvalue weighted by Crippen LogP contribution is -2.13. The number of aliphatic hydroxyl groups excluding tert-OH is 1. The monoisotopic (exact) mass is 229 g/mol. The molecule has 0 amide bonds. The van der Waals surface area contributed by atoms with Crippen LogP contribution in [0, 0.1) is 0 Å². The first-order valence-electron chi connectivity index (χ1n) is 4.92. The first-order chi connectivity index (χ1) is 7.61. The Kier molecular flexibility index (Phi) is 4.39. The number of rotatable bonds is 6. The normalized spacial score (nSPS) is 12.7. The van der Waals surface area contributed by atoms with Crippen molar-refractivity contribution in [1.29, 1.82) is 0 Å². The smallest absolute Gasteiger partial charge is 0.358 e. The summed E-state index contributed by atoms with van der Waals surface area (Å²) in [6, 6.07) is 0. The zero-order valence-corrected chi connectivity index (χ0v) is 9.25. The highest BCUT2D eigenvalue weighted by Crippen LogP contribution is 2.19. The molecular weight excluding hydrogens is 214 g/mol. The van der Waals surface area contributed by atoms with E-state index in [2.05, 4.69) is 10.3 Å². The fourth-order valence-corrected chi connectivity index (χ4v) is 1.37. The lowest BCUT2D eigenvalue weighted by Gasteiger charge is -2.12. The van der Waals surface area contributed by atoms with Crippen molar-refractivity contribution < 1.29 is 19.7 Å². The molecule has 0 aliphatic rings. The number of carboxylic acid groups (broad SMARTS) is 1. The Morgan fingerprint density at radius 3 is 2.81 bits per heavy atom. The summed E-state index contributed by atoms with van der Waals surface area (Å²) < 4.78 is 6.53. The van der Waals surface area contributed by atoms with E-state index in [1.54, 1.807) is 6.92 Å². The minimum Gasteiger partial charge on any atom is -0.476 e. The maximum Gasteiger partial charge on any atom is 0.358 e. The first kappa shape index (κ1) is 12.6. The Morgan fingerprint density at radius 1 is 1.62 bits per heavy atom. The molecule has 90 valence electrons. The average Bonchev–Trinajstić information content (AvgIpc) is 2.69. The molecule has 2 N–H and O–H groups in total. The van der Waals surface area contributed by atoms with Crippen molar-refractivity contribution in [3.63, 3.8) is 0 Å². The van der Waals surface area contributed by atoms with Crippen molar-refractivity contribution in [3.8, 4) is 0 Å². The van der Waals surface area contributed by atoms with E-state index in [1.165, 1.54) is 11.8 Å². The zero-order valence-electron chi connectivity index (χ0n) is 9.25. The van der Waals surface area contributed by atoms with Crippen molar-refractivity contribution in [1.82, 2.24) is 15.0 Å². The molecule has 0 saturated carbocycles. The van der Waals surface area contributed by atoms with Gasteiger partial charge in [0.1, 0.15) is 5.69 Å². The van der Waals surface area contributed by atoms with Crippen LogP contribution in [-0.4, -0.2) is 44.9 Å². The summed E-state index contributed by atoms with van der Waals surface area (Å²) >= 11 is 0. The number of hydrogen-bond donors (Lipinski definition) is 2. The van der Waals surface area contributed by atoms with E-state index < -0.39 is 12.1 Å². The Morgan fingerprint density at radius 2 is 2.31 bits per heavy atom. The van der Waals surface area contributed by atoms with Gasteiger partial charge in [0.25, 0.3) is 0 Å². The molecule has 0 radical (unpaired) electrons. The molecular formula is C9H15N3O4. The predicted octanol–water partition coefficient (Wildman–Crippen LogP) is 0.0661. The van der Waals surface area contributed by atoms with Crippen LogP contribution in [0.1, 0.15) is 35.6 Å². The molecule has 1 aromatic rings. The highest BCUT2D eigenvalue weighted by Gasteiger charge is 2.23. The van der Waals surface area contributed by atoms with Gasteiger partial charge < -0.3 is 14.9 Å². The number of aromatic nitrogens is 3. The SMILES string of the molecule is COC(C)c1c(C(=O)O)nnn1CCCO. The van der Waals surface area contributed by atoms with Crippen molar-refractivity contribution in [3.05, 3.63) is 11.4 Å². The third-order valence-corrected chi connectivity index (χ3v) is 2.24. The van der Waals surface area contributed by atoms with Crippen LogP contribution in [0.5, 0.6) is 0 Å². The van der Waals surface area contributed by atoms with Crippen LogP contribution in [0.4, 0.5) is 0 Å². The van der Waals surface area contributed by atoms with Gasteiger partial charge in [-0.25, -0.2) is 9.48 Å². The average molecular weight is 229 g/mol. The van der Waals surface area contributed by atoms with E-state index in [9.17, 15) is 4.79 Å². The van der Waals surface area contributed by atoms with Gasteiger partial charge in [-0.05, 0) is 13.3 Å². The third kappa shape index (κ3) is 2.56. The van der Waals surface area contributed by atoms with Gasteiger partial charge in [-0.2, -0.15) is 0 Å². The molecule has 7 heteroatoms. The van der Waals surface area contributed by atoms with Crippen molar-refractivity contribution in [2.24, 2.45) is 0 Å². The number of methoxy groups -OCH3 is 1. The van der Waals surface area contributed by atoms with E-state index in [0.717, 1.165) is 0 Å². The molecule has 0 fully saturated rings. The number of ether oxygens (including phenoxy) is 1. The summed E-state index contributed by atoms with van der Waals surface area (Å²) in [5, 5.41) is 25.0. The van der Waals surface area contributed by atoms with Gasteiger partial charge in [0.2, 0.25) is 0 Å². The van der Waals surface area contributed by atoms with Gasteiger partial charge in [-0.15, -0.1) is 5.10 Å². The largest absolute Gasteiger partial charge is 0.476 e. The number of carbonyl (C=O) groups is 1. The number of aromatic carboxylic acids is 1. The molecule has 1 unspecified atom stereocenters. The second-order valence-electron chi connectivity index (χ2n) is 3.31. The van der Waals surface area contributed by atoms with Crippen LogP contribution in [-0.2, 0) is 11.3 Å². The summed E-state index contributed by atoms with van der Waals surface area (Å²) in [5.74, 6) is -1.13.